The molecule has 0 unspecified atom stereocenters. The minimum Gasteiger partial charge on any atom is -0.362 e. The Bertz CT molecular complexity index is 1350. The molecule has 0 fully saturated rings. The number of hydrogen-bond donors (Lipinski definition) is 0. The molecule has 30 heavy (non-hydrogen) atoms. The maximum Gasteiger partial charge on any atom is 0.323 e. The lowest BCUT2D eigenvalue weighted by Gasteiger charge is -2.44. The first-order chi connectivity index (χ1) is 14.7. The van der Waals surface area contributed by atoms with Crippen molar-refractivity contribution < 1.29 is 0 Å². The molecule has 6 heteroatoms. The fourth-order valence-electron chi connectivity index (χ4n) is 5.98. The van der Waals surface area contributed by atoms with Crippen molar-refractivity contribution in [3.05, 3.63) is 101 Å². The van der Waals surface area contributed by atoms with Gasteiger partial charge in [-0.25, -0.2) is 0 Å². The predicted octanol–water partition coefficient (Wildman–Crippen LogP) is 4.73. The van der Waals surface area contributed by atoms with Gasteiger partial charge in [0, 0.05) is 25.7 Å². The van der Waals surface area contributed by atoms with Crippen molar-refractivity contribution in [2.45, 2.75) is 0 Å². The molecular weight excluding hydrogens is 498 g/mol. The van der Waals surface area contributed by atoms with Crippen molar-refractivity contribution in [3.63, 3.8) is 0 Å². The molecule has 0 radical (unpaired) electrons. The van der Waals surface area contributed by atoms with Crippen LogP contribution in [0, 0.1) is 0 Å². The second-order valence-corrected chi connectivity index (χ2v) is 10.1. The van der Waals surface area contributed by atoms with Gasteiger partial charge in [0.2, 0.25) is 0 Å². The summed E-state index contributed by atoms with van der Waals surface area (Å²) < 4.78 is 2.36. The van der Waals surface area contributed by atoms with Crippen molar-refractivity contribution in [3.8, 4) is 0 Å². The van der Waals surface area contributed by atoms with Crippen LogP contribution < -0.4 is 20.5 Å². The number of rotatable bonds is 0. The maximum atomic E-state index is 3.90. The third kappa shape index (κ3) is 1.66. The average Bonchev–Trinajstić information content (AvgIpc) is 3.13. The quantitative estimate of drug-likeness (QED) is 0.404. The fraction of sp³-hybridized carbons (Fsp3) is 0. The van der Waals surface area contributed by atoms with Gasteiger partial charge < -0.3 is 9.62 Å². The van der Waals surface area contributed by atoms with Crippen LogP contribution in [0.4, 0.5) is 11.4 Å². The molecule has 5 heterocycles. The van der Waals surface area contributed by atoms with Gasteiger partial charge in [-0.15, -0.1) is 0 Å². The lowest BCUT2D eigenvalue weighted by atomic mass is 9.46. The van der Waals surface area contributed by atoms with E-state index < -0.39 is 0 Å². The summed E-state index contributed by atoms with van der Waals surface area (Å²) in [6.45, 7) is 0.396. The molecule has 0 bridgehead atoms. The SMILES string of the molecule is BrC1=CB2c3ccccc3C3=C4N2c2c1ccc1c2N4B(C=C1Br)c1ccccc13. The lowest BCUT2D eigenvalue weighted by Crippen LogP contribution is -2.59. The molecular formula is C24H12B2Br2N2. The molecule has 0 aliphatic carbocycles. The van der Waals surface area contributed by atoms with E-state index in [4.69, 9.17) is 0 Å². The second kappa shape index (κ2) is 5.24. The highest BCUT2D eigenvalue weighted by molar-refractivity contribution is 9.15. The van der Waals surface area contributed by atoms with Gasteiger partial charge in [0.1, 0.15) is 0 Å². The van der Waals surface area contributed by atoms with Crippen LogP contribution in [0.2, 0.25) is 0 Å². The molecule has 0 aromatic heterocycles. The summed E-state index contributed by atoms with van der Waals surface area (Å²) in [5, 5.41) is 0. The van der Waals surface area contributed by atoms with Gasteiger partial charge in [-0.05, 0) is 22.1 Å². The van der Waals surface area contributed by atoms with E-state index in [0.29, 0.717) is 0 Å². The van der Waals surface area contributed by atoms with Gasteiger partial charge in [0.25, 0.3) is 0 Å². The number of benzene rings is 3. The Morgan fingerprint density at radius 2 is 1.03 bits per heavy atom. The Morgan fingerprint density at radius 3 is 1.53 bits per heavy atom. The third-order valence-corrected chi connectivity index (χ3v) is 8.47. The smallest absolute Gasteiger partial charge is 0.323 e. The summed E-state index contributed by atoms with van der Waals surface area (Å²) in [7, 11) is 0. The van der Waals surface area contributed by atoms with E-state index >= 15 is 0 Å². The van der Waals surface area contributed by atoms with Crippen LogP contribution in [0.25, 0.3) is 14.5 Å². The topological polar surface area (TPSA) is 6.48 Å². The standard InChI is InChI=1S/C24H12B2Br2N2/c27-19-11-25-17-7-3-1-5-13(17)21-14-6-2-4-8-18(14)26-12-20(28)16-10-9-15(19)22-23(16)30(26)24(21)29(22)25/h1-12H. The van der Waals surface area contributed by atoms with Crippen LogP contribution >= 0.6 is 31.9 Å². The Balaban J connectivity index is 1.62. The van der Waals surface area contributed by atoms with Gasteiger partial charge in [0.15, 0.2) is 0 Å². The molecule has 138 valence electrons. The van der Waals surface area contributed by atoms with Gasteiger partial charge in [0.05, 0.1) is 17.2 Å². The molecule has 0 atom stereocenters. The minimum atomic E-state index is 0.198. The molecule has 3 aromatic rings. The summed E-state index contributed by atoms with van der Waals surface area (Å²) in [6, 6.07) is 22.4. The van der Waals surface area contributed by atoms with Gasteiger partial charge >= 0.3 is 13.7 Å². The van der Waals surface area contributed by atoms with E-state index in [9.17, 15) is 0 Å². The Labute approximate surface area is 192 Å². The molecule has 0 N–H and O–H groups in total. The molecule has 3 aromatic carbocycles. The molecule has 0 saturated carbocycles. The van der Waals surface area contributed by atoms with E-state index in [1.807, 2.05) is 0 Å². The molecule has 8 rings (SSSR count). The molecule has 0 spiro atoms. The Morgan fingerprint density at radius 1 is 0.567 bits per heavy atom. The highest BCUT2D eigenvalue weighted by Crippen LogP contribution is 2.59. The average molecular weight is 510 g/mol. The van der Waals surface area contributed by atoms with Crippen molar-refractivity contribution >= 4 is 82.4 Å². The van der Waals surface area contributed by atoms with Crippen LogP contribution in [-0.2, 0) is 0 Å². The second-order valence-electron chi connectivity index (χ2n) is 8.39. The number of hydrogen-bond acceptors (Lipinski definition) is 2. The van der Waals surface area contributed by atoms with Crippen molar-refractivity contribution in [1.82, 2.24) is 0 Å². The van der Waals surface area contributed by atoms with Crippen molar-refractivity contribution in [2.24, 2.45) is 0 Å². The van der Waals surface area contributed by atoms with Gasteiger partial charge in [-0.3, -0.25) is 0 Å². The van der Waals surface area contributed by atoms with Gasteiger partial charge in [-0.2, -0.15) is 0 Å². The van der Waals surface area contributed by atoms with E-state index in [2.05, 4.69) is 114 Å². The fourth-order valence-corrected chi connectivity index (χ4v) is 7.12. The van der Waals surface area contributed by atoms with Gasteiger partial charge in [-0.1, -0.05) is 104 Å². The predicted molar refractivity (Wildman–Crippen MR) is 135 cm³/mol. The zero-order valence-corrected chi connectivity index (χ0v) is 18.9. The highest BCUT2D eigenvalue weighted by Gasteiger charge is 2.54. The Kier molecular flexibility index (Phi) is 2.85. The van der Waals surface area contributed by atoms with Crippen LogP contribution in [0.3, 0.4) is 0 Å². The molecule has 5 aliphatic rings. The first-order valence-electron chi connectivity index (χ1n) is 10.2. The summed E-state index contributed by atoms with van der Waals surface area (Å²) in [6.07, 6.45) is 0. The van der Waals surface area contributed by atoms with Crippen LogP contribution in [-0.4, -0.2) is 13.7 Å². The van der Waals surface area contributed by atoms with E-state index in [0.717, 1.165) is 0 Å². The lowest BCUT2D eigenvalue weighted by molar-refractivity contribution is 1.20. The monoisotopic (exact) mass is 508 g/mol. The van der Waals surface area contributed by atoms with Crippen LogP contribution in [0.1, 0.15) is 22.3 Å². The normalized spacial score (nSPS) is 18.3. The van der Waals surface area contributed by atoms with E-state index in [1.165, 1.54) is 64.9 Å². The molecule has 0 amide bonds. The van der Waals surface area contributed by atoms with E-state index in [1.54, 1.807) is 0 Å². The number of fused-ring (bicyclic) bond motifs is 6. The number of nitrogens with zero attached hydrogens (tertiary/aromatic N) is 2. The third-order valence-electron chi connectivity index (χ3n) is 7.09. The summed E-state index contributed by atoms with van der Waals surface area (Å²) in [5.41, 5.74) is 12.0. The minimum absolute atomic E-state index is 0.198. The molecule has 2 nitrogen and oxygen atoms in total. The zero-order valence-electron chi connectivity index (χ0n) is 15.7. The highest BCUT2D eigenvalue weighted by atomic mass is 79.9. The summed E-state index contributed by atoms with van der Waals surface area (Å²) in [5.74, 6) is 6.07. The molecule has 5 aliphatic heterocycles. The van der Waals surface area contributed by atoms with Crippen molar-refractivity contribution in [2.75, 3.05) is 9.62 Å². The first-order valence-corrected chi connectivity index (χ1v) is 11.8. The Hall–Kier alpha value is -2.43. The summed E-state index contributed by atoms with van der Waals surface area (Å²) >= 11 is 7.80. The van der Waals surface area contributed by atoms with Crippen LogP contribution in [0.15, 0.2) is 78.4 Å². The number of halogens is 2. The molecule has 0 saturated heterocycles. The first kappa shape index (κ1) is 16.3. The van der Waals surface area contributed by atoms with Crippen LogP contribution in [0.5, 0.6) is 0 Å². The number of anilines is 2. The maximum absolute atomic E-state index is 3.90. The van der Waals surface area contributed by atoms with Crippen molar-refractivity contribution in [1.29, 1.82) is 0 Å². The summed E-state index contributed by atoms with van der Waals surface area (Å²) in [4.78, 5) is 5.16. The zero-order chi connectivity index (χ0) is 19.7. The van der Waals surface area contributed by atoms with E-state index in [-0.39, 0.29) is 13.7 Å². The largest absolute Gasteiger partial charge is 0.362 e.